The lowest BCUT2D eigenvalue weighted by molar-refractivity contribution is 0.669. The van der Waals surface area contributed by atoms with E-state index in [-0.39, 0.29) is 0 Å². The molecule has 10 aromatic carbocycles. The highest BCUT2D eigenvalue weighted by molar-refractivity contribution is 9.10. The van der Waals surface area contributed by atoms with Crippen molar-refractivity contribution in [2.45, 2.75) is 0 Å². The predicted molar refractivity (Wildman–Crippen MR) is 241 cm³/mol. The predicted octanol–water partition coefficient (Wildman–Crippen LogP) is 15.9. The van der Waals surface area contributed by atoms with Crippen LogP contribution in [-0.4, -0.2) is 0 Å². The summed E-state index contributed by atoms with van der Waals surface area (Å²) < 4.78 is 7.78. The number of hydrogen-bond donors (Lipinski definition) is 0. The summed E-state index contributed by atoms with van der Waals surface area (Å²) in [6.45, 7) is 0. The van der Waals surface area contributed by atoms with Crippen LogP contribution in [0.4, 0.5) is 34.1 Å². The van der Waals surface area contributed by atoms with E-state index >= 15 is 0 Å². The van der Waals surface area contributed by atoms with E-state index in [9.17, 15) is 0 Å². The number of rotatable bonds is 6. The number of nitrogens with zero attached hydrogens (tertiary/aromatic N) is 2. The number of para-hydroxylation sites is 1. The Bertz CT molecular complexity index is 3150. The minimum Gasteiger partial charge on any atom is -0.456 e. The molecule has 3 nitrogen and oxygen atoms in total. The number of benzene rings is 10. The van der Waals surface area contributed by atoms with Gasteiger partial charge in [-0.05, 0) is 114 Å². The summed E-state index contributed by atoms with van der Waals surface area (Å²) >= 11 is 4.34. The first kappa shape index (κ1) is 32.5. The number of anilines is 6. The van der Waals surface area contributed by atoms with Gasteiger partial charge in [0.2, 0.25) is 0 Å². The van der Waals surface area contributed by atoms with Gasteiger partial charge >= 0.3 is 0 Å². The van der Waals surface area contributed by atoms with Crippen LogP contribution in [0.3, 0.4) is 0 Å². The third-order valence-corrected chi connectivity index (χ3v) is 11.8. The van der Waals surface area contributed by atoms with Crippen LogP contribution in [0.5, 0.6) is 0 Å². The van der Waals surface area contributed by atoms with E-state index in [0.29, 0.717) is 0 Å². The van der Waals surface area contributed by atoms with Gasteiger partial charge in [-0.15, -0.1) is 0 Å². The van der Waals surface area contributed by atoms with Crippen LogP contribution in [0.25, 0.3) is 65.0 Å². The maximum Gasteiger partial charge on any atom is 0.139 e. The van der Waals surface area contributed by atoms with E-state index in [0.717, 1.165) is 60.5 Å². The molecule has 11 rings (SSSR count). The van der Waals surface area contributed by atoms with Gasteiger partial charge in [-0.3, -0.25) is 0 Å². The molecule has 56 heavy (non-hydrogen) atoms. The average molecular weight is 782 g/mol. The topological polar surface area (TPSA) is 19.6 Å². The fourth-order valence-corrected chi connectivity index (χ4v) is 8.97. The van der Waals surface area contributed by atoms with Gasteiger partial charge < -0.3 is 14.2 Å². The van der Waals surface area contributed by atoms with Crippen molar-refractivity contribution in [2.24, 2.45) is 0 Å². The van der Waals surface area contributed by atoms with Crippen LogP contribution in [0.2, 0.25) is 0 Å². The largest absolute Gasteiger partial charge is 0.456 e. The lowest BCUT2D eigenvalue weighted by atomic mass is 10.0. The van der Waals surface area contributed by atoms with Crippen molar-refractivity contribution in [1.29, 1.82) is 0 Å². The van der Waals surface area contributed by atoms with E-state index in [1.807, 2.05) is 6.07 Å². The van der Waals surface area contributed by atoms with Gasteiger partial charge in [0, 0.05) is 34.2 Å². The van der Waals surface area contributed by atoms with Crippen LogP contribution in [0, 0.1) is 0 Å². The highest BCUT2D eigenvalue weighted by Crippen LogP contribution is 2.53. The van der Waals surface area contributed by atoms with Crippen LogP contribution < -0.4 is 9.80 Å². The minimum absolute atomic E-state index is 0.803. The molecule has 1 aromatic heterocycles. The fraction of sp³-hybridized carbons (Fsp3) is 0. The van der Waals surface area contributed by atoms with E-state index in [4.69, 9.17) is 4.42 Å². The van der Waals surface area contributed by atoms with E-state index in [2.05, 4.69) is 220 Å². The van der Waals surface area contributed by atoms with Crippen molar-refractivity contribution < 1.29 is 4.42 Å². The Morgan fingerprint density at radius 1 is 0.339 bits per heavy atom. The molecule has 0 aliphatic rings. The zero-order chi connectivity index (χ0) is 37.2. The smallest absolute Gasteiger partial charge is 0.139 e. The summed E-state index contributed by atoms with van der Waals surface area (Å²) in [4.78, 5) is 4.76. The normalized spacial score (nSPS) is 11.7. The maximum atomic E-state index is 6.84. The quantitative estimate of drug-likeness (QED) is 0.168. The van der Waals surface area contributed by atoms with E-state index < -0.39 is 0 Å². The Kier molecular flexibility index (Phi) is 7.64. The van der Waals surface area contributed by atoms with Gasteiger partial charge in [0.05, 0.1) is 21.2 Å². The summed E-state index contributed by atoms with van der Waals surface area (Å²) in [6, 6.07) is 71.7. The number of fused-ring (bicyclic) bond motifs is 7. The molecule has 1 heterocycles. The first-order chi connectivity index (χ1) is 27.7. The minimum atomic E-state index is 0.803. The SMILES string of the molecule is Brc1c(N(c2ccc3ccccc3c2)c2ccc3ccccc3c2)cc2oc3ccccc3c2c1N(c1ccc2ccccc2c1)c1ccc2ccccc2c1. The Labute approximate surface area is 332 Å². The molecule has 0 fully saturated rings. The van der Waals surface area contributed by atoms with Crippen LogP contribution in [0.1, 0.15) is 0 Å². The van der Waals surface area contributed by atoms with Crippen LogP contribution >= 0.6 is 15.9 Å². The van der Waals surface area contributed by atoms with Gasteiger partial charge in [0.1, 0.15) is 11.2 Å². The molecule has 11 aromatic rings. The van der Waals surface area contributed by atoms with Crippen molar-refractivity contribution >= 4 is 115 Å². The molecule has 0 radical (unpaired) electrons. The lowest BCUT2D eigenvalue weighted by Gasteiger charge is -2.32. The van der Waals surface area contributed by atoms with Crippen molar-refractivity contribution in [1.82, 2.24) is 0 Å². The molecule has 0 N–H and O–H groups in total. The number of halogens is 1. The van der Waals surface area contributed by atoms with Crippen LogP contribution in [0.15, 0.2) is 209 Å². The molecule has 0 atom stereocenters. The second-order valence-electron chi connectivity index (χ2n) is 14.3. The zero-order valence-electron chi connectivity index (χ0n) is 30.2. The van der Waals surface area contributed by atoms with Crippen LogP contribution in [-0.2, 0) is 0 Å². The molecule has 0 aliphatic carbocycles. The molecule has 4 heteroatoms. The third-order valence-electron chi connectivity index (χ3n) is 11.0. The van der Waals surface area contributed by atoms with Crippen molar-refractivity contribution in [3.8, 4) is 0 Å². The molecule has 264 valence electrons. The molecular formula is C52H33BrN2O. The number of hydrogen-bond acceptors (Lipinski definition) is 3. The van der Waals surface area contributed by atoms with Gasteiger partial charge in [0.15, 0.2) is 0 Å². The molecule has 0 bridgehead atoms. The highest BCUT2D eigenvalue weighted by atomic mass is 79.9. The van der Waals surface area contributed by atoms with Gasteiger partial charge in [-0.25, -0.2) is 0 Å². The molecule has 0 spiro atoms. The molecule has 0 saturated carbocycles. The van der Waals surface area contributed by atoms with E-state index in [1.54, 1.807) is 0 Å². The monoisotopic (exact) mass is 780 g/mol. The van der Waals surface area contributed by atoms with Gasteiger partial charge in [-0.1, -0.05) is 140 Å². The Hall–Kier alpha value is -6.88. The molecule has 0 saturated heterocycles. The summed E-state index contributed by atoms with van der Waals surface area (Å²) in [7, 11) is 0. The maximum absolute atomic E-state index is 6.84. The Morgan fingerprint density at radius 2 is 0.714 bits per heavy atom. The Morgan fingerprint density at radius 3 is 1.16 bits per heavy atom. The van der Waals surface area contributed by atoms with Gasteiger partial charge in [-0.2, -0.15) is 0 Å². The van der Waals surface area contributed by atoms with E-state index in [1.165, 1.54) is 43.1 Å². The summed E-state index contributed by atoms with van der Waals surface area (Å²) in [6.07, 6.45) is 0. The second-order valence-corrected chi connectivity index (χ2v) is 15.1. The summed E-state index contributed by atoms with van der Waals surface area (Å²) in [5.74, 6) is 0. The Balaban J connectivity index is 1.26. The summed E-state index contributed by atoms with van der Waals surface area (Å²) in [5, 5.41) is 11.6. The molecule has 0 aliphatic heterocycles. The average Bonchev–Trinajstić information content (AvgIpc) is 3.63. The fourth-order valence-electron chi connectivity index (χ4n) is 8.30. The number of furan rings is 1. The molecule has 0 unspecified atom stereocenters. The third kappa shape index (κ3) is 5.41. The van der Waals surface area contributed by atoms with Crippen molar-refractivity contribution in [3.63, 3.8) is 0 Å². The first-order valence-corrected chi connectivity index (χ1v) is 19.6. The highest BCUT2D eigenvalue weighted by Gasteiger charge is 2.28. The van der Waals surface area contributed by atoms with Crippen molar-refractivity contribution in [2.75, 3.05) is 9.80 Å². The second kappa shape index (κ2) is 13.2. The van der Waals surface area contributed by atoms with Crippen molar-refractivity contribution in [3.05, 3.63) is 205 Å². The standard InChI is InChI=1S/C52H33BrN2O/c53-51-47(54(42-25-21-34-11-1-5-15-38(34)29-42)43-26-22-35-12-2-6-16-39(35)30-43)33-49-50(46-19-9-10-20-48(46)56-49)52(51)55(44-27-23-36-13-3-7-17-40(36)31-44)45-28-24-37-14-4-8-18-41(37)32-45/h1-33H. The van der Waals surface area contributed by atoms with Gasteiger partial charge in [0.25, 0.3) is 0 Å². The molecule has 0 amide bonds. The zero-order valence-corrected chi connectivity index (χ0v) is 31.8. The summed E-state index contributed by atoms with van der Waals surface area (Å²) in [5.41, 5.74) is 7.79. The first-order valence-electron chi connectivity index (χ1n) is 18.9. The molecular weight excluding hydrogens is 748 g/mol. The lowest BCUT2D eigenvalue weighted by Crippen LogP contribution is -2.15.